The first kappa shape index (κ1) is 19.2. The van der Waals surface area contributed by atoms with E-state index in [0.29, 0.717) is 32.7 Å². The van der Waals surface area contributed by atoms with Gasteiger partial charge < -0.3 is 14.4 Å². The molecule has 27 heavy (non-hydrogen) atoms. The Kier molecular flexibility index (Phi) is 6.04. The van der Waals surface area contributed by atoms with Crippen molar-refractivity contribution < 1.29 is 14.3 Å². The monoisotopic (exact) mass is 424 g/mol. The summed E-state index contributed by atoms with van der Waals surface area (Å²) in [5, 5.41) is 2.72. The number of nitrogens with zero attached hydrogens (tertiary/aromatic N) is 2. The number of thiazole rings is 1. The summed E-state index contributed by atoms with van der Waals surface area (Å²) in [6.45, 7) is 2.67. The summed E-state index contributed by atoms with van der Waals surface area (Å²) < 4.78 is 12.4. The number of carbonyl (C=O) groups is 1. The SMILES string of the molecule is O=C(Cc1csc(SCc2cccc(Cl)c2)n1)N1CCC2(CC1)OCCO2. The number of piperidine rings is 1. The molecular formula is C19H21ClN2O3S2. The number of amides is 1. The third-order valence-corrected chi connectivity index (χ3v) is 7.18. The van der Waals surface area contributed by atoms with Gasteiger partial charge in [-0.15, -0.1) is 11.3 Å². The highest BCUT2D eigenvalue weighted by atomic mass is 35.5. The van der Waals surface area contributed by atoms with Gasteiger partial charge in [-0.1, -0.05) is 35.5 Å². The normalized spacial score (nSPS) is 18.9. The Morgan fingerprint density at radius 3 is 2.81 bits per heavy atom. The summed E-state index contributed by atoms with van der Waals surface area (Å²) in [5.74, 6) is 0.497. The van der Waals surface area contributed by atoms with Crippen molar-refractivity contribution in [1.29, 1.82) is 0 Å². The van der Waals surface area contributed by atoms with Crippen LogP contribution in [-0.4, -0.2) is 47.9 Å². The van der Waals surface area contributed by atoms with E-state index in [1.54, 1.807) is 23.1 Å². The first-order valence-electron chi connectivity index (χ1n) is 8.99. The van der Waals surface area contributed by atoms with Crippen LogP contribution in [0.15, 0.2) is 34.0 Å². The summed E-state index contributed by atoms with van der Waals surface area (Å²) in [7, 11) is 0. The van der Waals surface area contributed by atoms with Gasteiger partial charge in [0.15, 0.2) is 5.79 Å². The number of rotatable bonds is 5. The van der Waals surface area contributed by atoms with E-state index in [0.717, 1.165) is 33.7 Å². The Labute approximate surface area is 172 Å². The van der Waals surface area contributed by atoms with E-state index >= 15 is 0 Å². The number of halogens is 1. The zero-order chi connectivity index (χ0) is 18.7. The Hall–Kier alpha value is -1.12. The average Bonchev–Trinajstić information content (AvgIpc) is 3.31. The van der Waals surface area contributed by atoms with Crippen molar-refractivity contribution >= 4 is 40.6 Å². The largest absolute Gasteiger partial charge is 0.347 e. The lowest BCUT2D eigenvalue weighted by Crippen LogP contribution is -2.47. The van der Waals surface area contributed by atoms with Crippen LogP contribution in [0.4, 0.5) is 0 Å². The Balaban J connectivity index is 1.27. The van der Waals surface area contributed by atoms with E-state index in [-0.39, 0.29) is 5.91 Å². The molecule has 1 spiro atoms. The highest BCUT2D eigenvalue weighted by molar-refractivity contribution is 8.00. The third kappa shape index (κ3) is 4.84. The molecule has 0 N–H and O–H groups in total. The molecule has 2 aliphatic rings. The van der Waals surface area contributed by atoms with Crippen LogP contribution in [-0.2, 0) is 26.4 Å². The fraction of sp³-hybridized carbons (Fsp3) is 0.474. The van der Waals surface area contributed by atoms with Gasteiger partial charge in [-0.25, -0.2) is 4.98 Å². The summed E-state index contributed by atoms with van der Waals surface area (Å²) in [6.07, 6.45) is 1.84. The molecule has 0 aliphatic carbocycles. The van der Waals surface area contributed by atoms with Crippen LogP contribution in [0.2, 0.25) is 5.02 Å². The van der Waals surface area contributed by atoms with Crippen LogP contribution in [0.1, 0.15) is 24.1 Å². The maximum absolute atomic E-state index is 12.6. The van der Waals surface area contributed by atoms with Crippen LogP contribution in [0.25, 0.3) is 0 Å². The zero-order valence-corrected chi connectivity index (χ0v) is 17.2. The van der Waals surface area contributed by atoms with Gasteiger partial charge in [0, 0.05) is 42.1 Å². The van der Waals surface area contributed by atoms with Crippen molar-refractivity contribution in [1.82, 2.24) is 9.88 Å². The summed E-state index contributed by atoms with van der Waals surface area (Å²) >= 11 is 9.28. The van der Waals surface area contributed by atoms with Crippen molar-refractivity contribution in [3.63, 3.8) is 0 Å². The molecule has 4 rings (SSSR count). The van der Waals surface area contributed by atoms with Crippen LogP contribution in [0.3, 0.4) is 0 Å². The van der Waals surface area contributed by atoms with Crippen molar-refractivity contribution in [2.75, 3.05) is 26.3 Å². The molecule has 0 bridgehead atoms. The van der Waals surface area contributed by atoms with Gasteiger partial charge >= 0.3 is 0 Å². The number of benzene rings is 1. The molecule has 1 amide bonds. The lowest BCUT2D eigenvalue weighted by Gasteiger charge is -2.37. The molecule has 2 aromatic rings. The number of aromatic nitrogens is 1. The maximum Gasteiger partial charge on any atom is 0.228 e. The van der Waals surface area contributed by atoms with Crippen LogP contribution < -0.4 is 0 Å². The zero-order valence-electron chi connectivity index (χ0n) is 14.9. The molecule has 8 heteroatoms. The average molecular weight is 425 g/mol. The van der Waals surface area contributed by atoms with Gasteiger partial charge in [0.25, 0.3) is 0 Å². The molecule has 0 atom stereocenters. The van der Waals surface area contributed by atoms with Gasteiger partial charge in [0.1, 0.15) is 4.34 Å². The predicted octanol–water partition coefficient (Wildman–Crippen LogP) is 4.00. The first-order valence-corrected chi connectivity index (χ1v) is 11.2. The van der Waals surface area contributed by atoms with Gasteiger partial charge in [-0.3, -0.25) is 4.79 Å². The quantitative estimate of drug-likeness (QED) is 0.679. The van der Waals surface area contributed by atoms with Gasteiger partial charge in [-0.2, -0.15) is 0 Å². The second kappa shape index (κ2) is 8.49. The van der Waals surface area contributed by atoms with E-state index in [1.165, 1.54) is 5.56 Å². The minimum absolute atomic E-state index is 0.125. The summed E-state index contributed by atoms with van der Waals surface area (Å²) in [4.78, 5) is 19.1. The minimum atomic E-state index is -0.443. The molecule has 1 aromatic carbocycles. The van der Waals surface area contributed by atoms with Crippen molar-refractivity contribution in [3.8, 4) is 0 Å². The summed E-state index contributed by atoms with van der Waals surface area (Å²) in [5.41, 5.74) is 2.01. The molecule has 0 unspecified atom stereocenters. The lowest BCUT2D eigenvalue weighted by atomic mass is 10.0. The van der Waals surface area contributed by atoms with E-state index in [1.807, 2.05) is 28.5 Å². The fourth-order valence-electron chi connectivity index (χ4n) is 3.36. The number of hydrogen-bond donors (Lipinski definition) is 0. The molecular weight excluding hydrogens is 404 g/mol. The Morgan fingerprint density at radius 1 is 1.30 bits per heavy atom. The van der Waals surface area contributed by atoms with Gasteiger partial charge in [0.05, 0.1) is 25.3 Å². The van der Waals surface area contributed by atoms with E-state index in [9.17, 15) is 4.79 Å². The number of thioether (sulfide) groups is 1. The maximum atomic E-state index is 12.6. The molecule has 2 aliphatic heterocycles. The smallest absolute Gasteiger partial charge is 0.228 e. The molecule has 144 valence electrons. The predicted molar refractivity (Wildman–Crippen MR) is 107 cm³/mol. The highest BCUT2D eigenvalue weighted by Gasteiger charge is 2.40. The van der Waals surface area contributed by atoms with Crippen LogP contribution >= 0.6 is 34.7 Å². The molecule has 1 aromatic heterocycles. The minimum Gasteiger partial charge on any atom is -0.347 e. The van der Waals surface area contributed by atoms with Crippen molar-refractivity contribution in [2.24, 2.45) is 0 Å². The van der Waals surface area contributed by atoms with Crippen LogP contribution in [0.5, 0.6) is 0 Å². The van der Waals surface area contributed by atoms with Crippen molar-refractivity contribution in [3.05, 3.63) is 45.9 Å². The molecule has 3 heterocycles. The number of carbonyl (C=O) groups excluding carboxylic acids is 1. The Morgan fingerprint density at radius 2 is 2.07 bits per heavy atom. The number of likely N-dealkylation sites (tertiary alicyclic amines) is 1. The van der Waals surface area contributed by atoms with E-state index in [4.69, 9.17) is 21.1 Å². The summed E-state index contributed by atoms with van der Waals surface area (Å²) in [6, 6.07) is 7.84. The number of hydrogen-bond acceptors (Lipinski definition) is 6. The first-order chi connectivity index (χ1) is 13.1. The van der Waals surface area contributed by atoms with Gasteiger partial charge in [0.2, 0.25) is 5.91 Å². The molecule has 0 saturated carbocycles. The number of ether oxygens (including phenoxy) is 2. The molecule has 2 saturated heterocycles. The second-order valence-corrected chi connectivity index (χ2v) is 9.21. The van der Waals surface area contributed by atoms with Crippen molar-refractivity contribution in [2.45, 2.75) is 35.1 Å². The standard InChI is InChI=1S/C19H21ClN2O3S2/c20-15-3-1-2-14(10-15)12-26-18-21-16(13-27-18)11-17(23)22-6-4-19(5-7-22)24-8-9-25-19/h1-3,10,13H,4-9,11-12H2. The van der Waals surface area contributed by atoms with Gasteiger partial charge in [-0.05, 0) is 17.7 Å². The molecule has 0 radical (unpaired) electrons. The molecule has 2 fully saturated rings. The lowest BCUT2D eigenvalue weighted by molar-refractivity contribution is -0.187. The third-order valence-electron chi connectivity index (χ3n) is 4.81. The fourth-order valence-corrected chi connectivity index (χ4v) is 5.36. The molecule has 5 nitrogen and oxygen atoms in total. The van der Waals surface area contributed by atoms with Crippen LogP contribution in [0, 0.1) is 0 Å². The highest BCUT2D eigenvalue weighted by Crippen LogP contribution is 2.32. The van der Waals surface area contributed by atoms with E-state index < -0.39 is 5.79 Å². The van der Waals surface area contributed by atoms with E-state index in [2.05, 4.69) is 11.1 Å². The topological polar surface area (TPSA) is 51.7 Å². The Bertz CT molecular complexity index is 798. The second-order valence-electron chi connectivity index (χ2n) is 6.69.